The summed E-state index contributed by atoms with van der Waals surface area (Å²) in [6.45, 7) is 0. The Labute approximate surface area is 139 Å². The van der Waals surface area contributed by atoms with Crippen molar-refractivity contribution in [1.82, 2.24) is 0 Å². The number of hydrogen-bond acceptors (Lipinski definition) is 2. The Bertz CT molecular complexity index is 801. The van der Waals surface area contributed by atoms with Crippen molar-refractivity contribution >= 4 is 34.6 Å². The van der Waals surface area contributed by atoms with Gasteiger partial charge >= 0.3 is 0 Å². The minimum absolute atomic E-state index is 0.124. The smallest absolute Gasteiger partial charge is 0.255 e. The molecule has 0 aliphatic rings. The molecule has 0 bridgehead atoms. The normalized spacial score (nSPS) is 10.1. The third-order valence-corrected chi connectivity index (χ3v) is 3.53. The van der Waals surface area contributed by atoms with Gasteiger partial charge in [-0.05, 0) is 54.6 Å². The van der Waals surface area contributed by atoms with Crippen molar-refractivity contribution in [2.45, 2.75) is 0 Å². The summed E-state index contributed by atoms with van der Waals surface area (Å²) in [7, 11) is 0. The Hall–Kier alpha value is -2.78. The minimum Gasteiger partial charge on any atom is -0.355 e. The van der Waals surface area contributed by atoms with Crippen LogP contribution in [0.25, 0.3) is 0 Å². The average molecular weight is 323 g/mol. The maximum atomic E-state index is 12.1. The SMILES string of the molecule is O=C(Nc1ccc(Nc2cccc(Cl)c2)cc1)c1ccccc1. The summed E-state index contributed by atoms with van der Waals surface area (Å²) in [5.74, 6) is -0.124. The fraction of sp³-hybridized carbons (Fsp3) is 0. The molecule has 0 radical (unpaired) electrons. The Morgan fingerprint density at radius 2 is 1.43 bits per heavy atom. The monoisotopic (exact) mass is 322 g/mol. The number of nitrogens with one attached hydrogen (secondary N) is 2. The third kappa shape index (κ3) is 4.11. The highest BCUT2D eigenvalue weighted by molar-refractivity contribution is 6.30. The number of halogens is 1. The summed E-state index contributed by atoms with van der Waals surface area (Å²) in [6.07, 6.45) is 0. The highest BCUT2D eigenvalue weighted by atomic mass is 35.5. The van der Waals surface area contributed by atoms with E-state index in [1.54, 1.807) is 12.1 Å². The molecule has 4 heteroatoms. The van der Waals surface area contributed by atoms with Crippen LogP contribution < -0.4 is 10.6 Å². The van der Waals surface area contributed by atoms with E-state index in [-0.39, 0.29) is 5.91 Å². The van der Waals surface area contributed by atoms with Gasteiger partial charge in [0.05, 0.1) is 0 Å². The van der Waals surface area contributed by atoms with E-state index in [2.05, 4.69) is 10.6 Å². The first kappa shape index (κ1) is 15.1. The molecule has 3 rings (SSSR count). The van der Waals surface area contributed by atoms with Gasteiger partial charge in [-0.25, -0.2) is 0 Å². The van der Waals surface area contributed by atoms with E-state index in [9.17, 15) is 4.79 Å². The lowest BCUT2D eigenvalue weighted by Crippen LogP contribution is -2.11. The summed E-state index contributed by atoms with van der Waals surface area (Å²) < 4.78 is 0. The topological polar surface area (TPSA) is 41.1 Å². The molecule has 114 valence electrons. The summed E-state index contributed by atoms with van der Waals surface area (Å²) in [5, 5.41) is 6.81. The third-order valence-electron chi connectivity index (χ3n) is 3.29. The molecule has 23 heavy (non-hydrogen) atoms. The van der Waals surface area contributed by atoms with Gasteiger partial charge in [0, 0.05) is 27.6 Å². The quantitative estimate of drug-likeness (QED) is 0.681. The van der Waals surface area contributed by atoms with Crippen molar-refractivity contribution in [3.63, 3.8) is 0 Å². The second-order valence-corrected chi connectivity index (χ2v) is 5.47. The molecule has 3 aromatic rings. The molecule has 0 aliphatic carbocycles. The van der Waals surface area contributed by atoms with E-state index in [1.807, 2.05) is 66.7 Å². The molecule has 0 saturated carbocycles. The van der Waals surface area contributed by atoms with Crippen molar-refractivity contribution < 1.29 is 4.79 Å². The van der Waals surface area contributed by atoms with Gasteiger partial charge in [0.2, 0.25) is 0 Å². The van der Waals surface area contributed by atoms with Gasteiger partial charge < -0.3 is 10.6 Å². The zero-order valence-electron chi connectivity index (χ0n) is 12.3. The molecule has 0 atom stereocenters. The summed E-state index contributed by atoms with van der Waals surface area (Å²) in [4.78, 5) is 12.1. The number of benzene rings is 3. The minimum atomic E-state index is -0.124. The van der Waals surface area contributed by atoms with Gasteiger partial charge in [-0.2, -0.15) is 0 Å². The number of carbonyl (C=O) groups excluding carboxylic acids is 1. The van der Waals surface area contributed by atoms with Crippen LogP contribution in [-0.2, 0) is 0 Å². The Morgan fingerprint density at radius 1 is 0.739 bits per heavy atom. The van der Waals surface area contributed by atoms with Gasteiger partial charge in [-0.15, -0.1) is 0 Å². The Kier molecular flexibility index (Phi) is 4.60. The van der Waals surface area contributed by atoms with Crippen LogP contribution in [0.15, 0.2) is 78.9 Å². The van der Waals surface area contributed by atoms with E-state index in [0.717, 1.165) is 17.1 Å². The average Bonchev–Trinajstić information content (AvgIpc) is 2.57. The number of amides is 1. The molecular weight excluding hydrogens is 308 g/mol. The van der Waals surface area contributed by atoms with Crippen molar-refractivity contribution in [3.05, 3.63) is 89.4 Å². The van der Waals surface area contributed by atoms with Gasteiger partial charge in [0.25, 0.3) is 5.91 Å². The van der Waals surface area contributed by atoms with Crippen LogP contribution in [0, 0.1) is 0 Å². The van der Waals surface area contributed by atoms with Gasteiger partial charge in [-0.3, -0.25) is 4.79 Å². The Morgan fingerprint density at radius 3 is 2.13 bits per heavy atom. The highest BCUT2D eigenvalue weighted by Crippen LogP contribution is 2.21. The van der Waals surface area contributed by atoms with Crippen LogP contribution in [0.3, 0.4) is 0 Å². The standard InChI is InChI=1S/C19H15ClN2O/c20-15-7-4-8-18(13-15)21-16-9-11-17(12-10-16)22-19(23)14-5-2-1-3-6-14/h1-13,21H,(H,22,23). The molecule has 0 unspecified atom stereocenters. The lowest BCUT2D eigenvalue weighted by atomic mass is 10.2. The molecule has 1 amide bonds. The molecule has 0 saturated heterocycles. The van der Waals surface area contributed by atoms with E-state index in [1.165, 1.54) is 0 Å². The van der Waals surface area contributed by atoms with E-state index in [0.29, 0.717) is 10.6 Å². The second kappa shape index (κ2) is 6.99. The fourth-order valence-corrected chi connectivity index (χ4v) is 2.35. The largest absolute Gasteiger partial charge is 0.355 e. The first-order chi connectivity index (χ1) is 11.2. The predicted molar refractivity (Wildman–Crippen MR) is 95.6 cm³/mol. The summed E-state index contributed by atoms with van der Waals surface area (Å²) >= 11 is 5.96. The molecular formula is C19H15ClN2O. The molecule has 0 aromatic heterocycles. The zero-order valence-corrected chi connectivity index (χ0v) is 13.0. The molecule has 0 spiro atoms. The van der Waals surface area contributed by atoms with Crippen molar-refractivity contribution in [2.75, 3.05) is 10.6 Å². The molecule has 3 aromatic carbocycles. The maximum Gasteiger partial charge on any atom is 0.255 e. The van der Waals surface area contributed by atoms with Crippen LogP contribution in [0.5, 0.6) is 0 Å². The number of anilines is 3. The zero-order chi connectivity index (χ0) is 16.1. The van der Waals surface area contributed by atoms with Crippen LogP contribution in [-0.4, -0.2) is 5.91 Å². The second-order valence-electron chi connectivity index (χ2n) is 5.03. The van der Waals surface area contributed by atoms with Gasteiger partial charge in [-0.1, -0.05) is 35.9 Å². The molecule has 0 fully saturated rings. The van der Waals surface area contributed by atoms with Crippen LogP contribution in [0.1, 0.15) is 10.4 Å². The van der Waals surface area contributed by atoms with E-state index < -0.39 is 0 Å². The number of carbonyl (C=O) groups is 1. The highest BCUT2D eigenvalue weighted by Gasteiger charge is 2.05. The van der Waals surface area contributed by atoms with E-state index in [4.69, 9.17) is 11.6 Å². The molecule has 2 N–H and O–H groups in total. The molecule has 0 aliphatic heterocycles. The molecule has 3 nitrogen and oxygen atoms in total. The Balaban J connectivity index is 1.66. The maximum absolute atomic E-state index is 12.1. The molecule has 0 heterocycles. The van der Waals surface area contributed by atoms with Crippen LogP contribution in [0.4, 0.5) is 17.1 Å². The first-order valence-corrected chi connectivity index (χ1v) is 7.57. The van der Waals surface area contributed by atoms with Crippen molar-refractivity contribution in [1.29, 1.82) is 0 Å². The number of rotatable bonds is 4. The van der Waals surface area contributed by atoms with Gasteiger partial charge in [0.15, 0.2) is 0 Å². The van der Waals surface area contributed by atoms with Crippen LogP contribution >= 0.6 is 11.6 Å². The first-order valence-electron chi connectivity index (χ1n) is 7.20. The van der Waals surface area contributed by atoms with Crippen LogP contribution in [0.2, 0.25) is 5.02 Å². The lowest BCUT2D eigenvalue weighted by molar-refractivity contribution is 0.102. The lowest BCUT2D eigenvalue weighted by Gasteiger charge is -2.09. The number of hydrogen-bond donors (Lipinski definition) is 2. The summed E-state index contributed by atoms with van der Waals surface area (Å²) in [5.41, 5.74) is 3.22. The summed E-state index contributed by atoms with van der Waals surface area (Å²) in [6, 6.07) is 24.2. The van der Waals surface area contributed by atoms with Crippen molar-refractivity contribution in [3.8, 4) is 0 Å². The fourth-order valence-electron chi connectivity index (χ4n) is 2.16. The van der Waals surface area contributed by atoms with E-state index >= 15 is 0 Å². The van der Waals surface area contributed by atoms with Crippen molar-refractivity contribution in [2.24, 2.45) is 0 Å². The predicted octanol–water partition coefficient (Wildman–Crippen LogP) is 5.34. The van der Waals surface area contributed by atoms with Gasteiger partial charge in [0.1, 0.15) is 0 Å².